The highest BCUT2D eigenvalue weighted by Gasteiger charge is 2.33. The molecule has 0 atom stereocenters. The molecule has 0 aliphatic carbocycles. The van der Waals surface area contributed by atoms with Crippen molar-refractivity contribution in [2.24, 2.45) is 0 Å². The maximum absolute atomic E-state index is 14.0. The molecule has 0 aromatic heterocycles. The average Bonchev–Trinajstić information content (AvgIpc) is 2.53. The zero-order valence-corrected chi connectivity index (χ0v) is 13.5. The normalized spacial score (nSPS) is 11.1. The minimum Gasteiger partial charge on any atom is -0.279 e. The molecule has 0 bridgehead atoms. The lowest BCUT2D eigenvalue weighted by molar-refractivity contribution is -0.387. The van der Waals surface area contributed by atoms with E-state index in [1.165, 1.54) is 24.3 Å². The van der Waals surface area contributed by atoms with Crippen LogP contribution in [-0.4, -0.2) is 25.1 Å². The Morgan fingerprint density at radius 2 is 1.75 bits per heavy atom. The van der Waals surface area contributed by atoms with E-state index in [9.17, 15) is 27.7 Å². The molecule has 2 aromatic rings. The number of hydrogen-bond acceptors (Lipinski definition) is 5. The van der Waals surface area contributed by atoms with Crippen molar-refractivity contribution in [3.63, 3.8) is 0 Å². The van der Waals surface area contributed by atoms with E-state index in [0.29, 0.717) is 4.31 Å². The van der Waals surface area contributed by atoms with Gasteiger partial charge < -0.3 is 0 Å². The second-order valence-electron chi connectivity index (χ2n) is 4.54. The summed E-state index contributed by atoms with van der Waals surface area (Å²) in [5, 5.41) is 10.0. The van der Waals surface area contributed by atoms with Crippen LogP contribution in [0.25, 0.3) is 0 Å². The lowest BCUT2D eigenvalue weighted by Crippen LogP contribution is -2.35. The molecular weight excluding hydrogens is 363 g/mol. The third-order valence-electron chi connectivity index (χ3n) is 3.02. The molecule has 24 heavy (non-hydrogen) atoms. The molecular formula is C14H10ClFN2O5S. The van der Waals surface area contributed by atoms with Gasteiger partial charge in [-0.25, -0.2) is 12.8 Å². The number of nitro benzene ring substituents is 1. The van der Waals surface area contributed by atoms with E-state index in [2.05, 4.69) is 0 Å². The molecule has 0 amide bonds. The summed E-state index contributed by atoms with van der Waals surface area (Å²) in [5.41, 5.74) is -1.13. The summed E-state index contributed by atoms with van der Waals surface area (Å²) in [6, 6.07) is 9.38. The molecule has 0 aliphatic heterocycles. The largest absolute Gasteiger partial charge is 0.289 e. The number of rotatable bonds is 6. The molecule has 126 valence electrons. The number of nitro groups is 1. The summed E-state index contributed by atoms with van der Waals surface area (Å²) in [5.74, 6) is -0.919. The van der Waals surface area contributed by atoms with Gasteiger partial charge in [0.25, 0.3) is 15.7 Å². The average molecular weight is 373 g/mol. The predicted octanol–water partition coefficient (Wildman–Crippen LogP) is 2.69. The van der Waals surface area contributed by atoms with E-state index in [0.717, 1.165) is 24.3 Å². The third-order valence-corrected chi connectivity index (χ3v) is 4.95. The van der Waals surface area contributed by atoms with Crippen molar-refractivity contribution in [2.45, 2.75) is 4.90 Å². The van der Waals surface area contributed by atoms with Gasteiger partial charge in [-0.2, -0.15) is 0 Å². The van der Waals surface area contributed by atoms with Crippen LogP contribution in [0.2, 0.25) is 0 Å². The lowest BCUT2D eigenvalue weighted by Gasteiger charge is -2.23. The number of hydrogen-bond donors (Lipinski definition) is 0. The minimum atomic E-state index is -4.60. The minimum absolute atomic E-state index is 0.403. The zero-order valence-electron chi connectivity index (χ0n) is 11.9. The van der Waals surface area contributed by atoms with E-state index in [1.54, 1.807) is 0 Å². The van der Waals surface area contributed by atoms with E-state index < -0.39 is 48.8 Å². The zero-order chi connectivity index (χ0) is 17.9. The Morgan fingerprint density at radius 3 is 2.33 bits per heavy atom. The number of benzene rings is 2. The van der Waals surface area contributed by atoms with Crippen molar-refractivity contribution in [3.8, 4) is 0 Å². The van der Waals surface area contributed by atoms with Crippen LogP contribution in [-0.2, 0) is 14.8 Å². The number of anilines is 1. The van der Waals surface area contributed by atoms with Crippen molar-refractivity contribution >= 4 is 38.2 Å². The molecule has 0 saturated carbocycles. The van der Waals surface area contributed by atoms with Crippen LogP contribution >= 0.6 is 11.6 Å². The second-order valence-corrected chi connectivity index (χ2v) is 6.80. The molecule has 7 nitrogen and oxygen atoms in total. The molecule has 0 fully saturated rings. The Bertz CT molecular complexity index is 904. The maximum atomic E-state index is 14.0. The number of carbonyl (C=O) groups excluding carboxylic acids is 1. The highest BCUT2D eigenvalue weighted by Crippen LogP contribution is 2.31. The van der Waals surface area contributed by atoms with Crippen molar-refractivity contribution in [1.82, 2.24) is 0 Å². The van der Waals surface area contributed by atoms with Gasteiger partial charge >= 0.3 is 0 Å². The fraction of sp³-hybridized carbons (Fsp3) is 0.0714. The number of para-hydroxylation sites is 2. The first kappa shape index (κ1) is 17.8. The Labute approximate surface area is 141 Å². The third kappa shape index (κ3) is 3.52. The highest BCUT2D eigenvalue weighted by atomic mass is 35.5. The van der Waals surface area contributed by atoms with Gasteiger partial charge in [-0.3, -0.25) is 19.2 Å². The Kier molecular flexibility index (Phi) is 5.15. The van der Waals surface area contributed by atoms with Gasteiger partial charge in [0.15, 0.2) is 4.90 Å². The smallest absolute Gasteiger partial charge is 0.279 e. The summed E-state index contributed by atoms with van der Waals surface area (Å²) in [6.45, 7) is -0.878. The molecule has 0 N–H and O–H groups in total. The van der Waals surface area contributed by atoms with E-state index in [-0.39, 0.29) is 0 Å². The van der Waals surface area contributed by atoms with Crippen LogP contribution in [0.5, 0.6) is 0 Å². The summed E-state index contributed by atoms with van der Waals surface area (Å²) < 4.78 is 40.0. The summed E-state index contributed by atoms with van der Waals surface area (Å²) in [7, 11) is -4.60. The van der Waals surface area contributed by atoms with Crippen LogP contribution in [0.1, 0.15) is 0 Å². The van der Waals surface area contributed by atoms with Gasteiger partial charge in [0.05, 0.1) is 10.6 Å². The van der Waals surface area contributed by atoms with E-state index in [1.807, 2.05) is 0 Å². The lowest BCUT2D eigenvalue weighted by atomic mass is 10.3. The maximum Gasteiger partial charge on any atom is 0.289 e. The van der Waals surface area contributed by atoms with Crippen molar-refractivity contribution in [1.29, 1.82) is 0 Å². The first-order valence-electron chi connectivity index (χ1n) is 6.44. The molecule has 0 spiro atoms. The number of halogens is 2. The molecule has 0 heterocycles. The molecule has 0 aliphatic rings. The van der Waals surface area contributed by atoms with Crippen LogP contribution in [0.15, 0.2) is 53.4 Å². The van der Waals surface area contributed by atoms with Gasteiger partial charge in [0.1, 0.15) is 12.4 Å². The van der Waals surface area contributed by atoms with Crippen molar-refractivity contribution < 1.29 is 22.5 Å². The molecule has 2 aromatic carbocycles. The SMILES string of the molecule is O=C(Cl)CN(c1ccccc1F)S(=O)(=O)c1ccccc1[N+](=O)[O-]. The molecule has 0 unspecified atom stereocenters. The summed E-state index contributed by atoms with van der Waals surface area (Å²) >= 11 is 5.27. The second kappa shape index (κ2) is 6.93. The van der Waals surface area contributed by atoms with Crippen LogP contribution in [0, 0.1) is 15.9 Å². The van der Waals surface area contributed by atoms with Crippen molar-refractivity contribution in [3.05, 3.63) is 64.5 Å². The molecule has 0 saturated heterocycles. The fourth-order valence-electron chi connectivity index (χ4n) is 2.01. The Balaban J connectivity index is 2.68. The highest BCUT2D eigenvalue weighted by molar-refractivity contribution is 7.93. The van der Waals surface area contributed by atoms with E-state index >= 15 is 0 Å². The Morgan fingerprint density at radius 1 is 1.17 bits per heavy atom. The molecule has 2 rings (SSSR count). The standard InChI is InChI=1S/C14H10ClFN2O5S/c15-14(19)9-17(11-6-2-1-5-10(11)16)24(22,23)13-8-4-3-7-12(13)18(20)21/h1-8H,9H2. The van der Waals surface area contributed by atoms with Gasteiger partial charge in [-0.1, -0.05) is 24.3 Å². The van der Waals surface area contributed by atoms with Crippen LogP contribution in [0.3, 0.4) is 0 Å². The first-order valence-corrected chi connectivity index (χ1v) is 8.26. The number of carbonyl (C=O) groups is 1. The molecule has 0 radical (unpaired) electrons. The monoisotopic (exact) mass is 372 g/mol. The van der Waals surface area contributed by atoms with Crippen molar-refractivity contribution in [2.75, 3.05) is 10.8 Å². The van der Waals surface area contributed by atoms with Crippen LogP contribution < -0.4 is 4.31 Å². The summed E-state index contributed by atoms with van der Waals surface area (Å²) in [6.07, 6.45) is 0. The van der Waals surface area contributed by atoms with Gasteiger partial charge in [0, 0.05) is 6.07 Å². The fourth-order valence-corrected chi connectivity index (χ4v) is 3.79. The predicted molar refractivity (Wildman–Crippen MR) is 84.9 cm³/mol. The number of nitrogens with zero attached hydrogens (tertiary/aromatic N) is 2. The van der Waals surface area contributed by atoms with Gasteiger partial charge in [-0.15, -0.1) is 0 Å². The van der Waals surface area contributed by atoms with E-state index in [4.69, 9.17) is 11.6 Å². The van der Waals surface area contributed by atoms with Gasteiger partial charge in [-0.05, 0) is 29.8 Å². The summed E-state index contributed by atoms with van der Waals surface area (Å²) in [4.78, 5) is 20.8. The first-order chi connectivity index (χ1) is 11.2. The molecule has 10 heteroatoms. The van der Waals surface area contributed by atoms with Crippen LogP contribution in [0.4, 0.5) is 15.8 Å². The van der Waals surface area contributed by atoms with Gasteiger partial charge in [0.2, 0.25) is 5.24 Å². The quantitative estimate of drug-likeness (QED) is 0.441. The Hall–Kier alpha value is -2.52. The number of sulfonamides is 1. The topological polar surface area (TPSA) is 97.6 Å².